The van der Waals surface area contributed by atoms with Gasteiger partial charge in [-0.25, -0.2) is 0 Å². The molecule has 1 aromatic rings. The first-order valence-electron chi connectivity index (χ1n) is 6.86. The van der Waals surface area contributed by atoms with Crippen molar-refractivity contribution in [2.75, 3.05) is 13.2 Å². The monoisotopic (exact) mass is 250 g/mol. The lowest BCUT2D eigenvalue weighted by Crippen LogP contribution is -2.11. The molecule has 2 N–H and O–H groups in total. The van der Waals surface area contributed by atoms with Crippen LogP contribution in [0, 0.1) is 0 Å². The molecule has 0 saturated heterocycles. The second-order valence-electron chi connectivity index (χ2n) is 4.86. The van der Waals surface area contributed by atoms with Crippen molar-refractivity contribution in [2.24, 2.45) is 0 Å². The molecule has 0 bridgehead atoms. The lowest BCUT2D eigenvalue weighted by atomic mass is 9.89. The highest BCUT2D eigenvalue weighted by Gasteiger charge is 2.20. The summed E-state index contributed by atoms with van der Waals surface area (Å²) >= 11 is 0. The molecule has 0 radical (unpaired) electrons. The van der Waals surface area contributed by atoms with Crippen molar-refractivity contribution in [3.8, 4) is 5.75 Å². The predicted molar refractivity (Wildman–Crippen MR) is 70.8 cm³/mol. The van der Waals surface area contributed by atoms with Crippen LogP contribution >= 0.6 is 0 Å². The van der Waals surface area contributed by atoms with Crippen LogP contribution in [0.3, 0.4) is 0 Å². The smallest absolute Gasteiger partial charge is 0.122 e. The van der Waals surface area contributed by atoms with Crippen LogP contribution in [0.4, 0.5) is 0 Å². The van der Waals surface area contributed by atoms with Crippen LogP contribution in [0.25, 0.3) is 0 Å². The van der Waals surface area contributed by atoms with E-state index in [0.29, 0.717) is 6.61 Å². The van der Waals surface area contributed by atoms with Crippen LogP contribution < -0.4 is 4.74 Å². The Bertz CT molecular complexity index is 376. The van der Waals surface area contributed by atoms with Gasteiger partial charge in [-0.05, 0) is 55.7 Å². The maximum absolute atomic E-state index is 9.94. The Labute approximate surface area is 108 Å². The first-order chi connectivity index (χ1) is 8.83. The van der Waals surface area contributed by atoms with Gasteiger partial charge in [0.1, 0.15) is 5.75 Å². The molecule has 1 aliphatic rings. The number of rotatable bonds is 6. The third-order valence-electron chi connectivity index (χ3n) is 3.49. The molecule has 3 heteroatoms. The fourth-order valence-corrected chi connectivity index (χ4v) is 2.50. The van der Waals surface area contributed by atoms with Gasteiger partial charge in [-0.2, -0.15) is 0 Å². The molecule has 0 aliphatic heterocycles. The number of ether oxygens (including phenoxy) is 1. The fourth-order valence-electron chi connectivity index (χ4n) is 2.50. The first kappa shape index (κ1) is 13.4. The van der Waals surface area contributed by atoms with Crippen molar-refractivity contribution in [1.82, 2.24) is 0 Å². The summed E-state index contributed by atoms with van der Waals surface area (Å²) in [6, 6.07) is 5.94. The van der Waals surface area contributed by atoms with E-state index < -0.39 is 0 Å². The van der Waals surface area contributed by atoms with E-state index in [9.17, 15) is 5.11 Å². The summed E-state index contributed by atoms with van der Waals surface area (Å²) in [5.74, 6) is 0.926. The fraction of sp³-hybridized carbons (Fsp3) is 0.600. The van der Waals surface area contributed by atoms with E-state index in [0.717, 1.165) is 49.8 Å². The molecule has 100 valence electrons. The quantitative estimate of drug-likeness (QED) is 0.763. The standard InChI is InChI=1S/C15H22O3/c16-10-2-1-3-11-18-15-9-5-6-12-13(15)7-4-8-14(12)17/h5-6,9,14,16-17H,1-4,7-8,10-11H2. The van der Waals surface area contributed by atoms with Crippen molar-refractivity contribution in [2.45, 2.75) is 44.6 Å². The molecular formula is C15H22O3. The topological polar surface area (TPSA) is 49.7 Å². The minimum absolute atomic E-state index is 0.257. The minimum atomic E-state index is -0.327. The molecule has 2 rings (SSSR count). The van der Waals surface area contributed by atoms with Crippen molar-refractivity contribution >= 4 is 0 Å². The molecule has 0 saturated carbocycles. The van der Waals surface area contributed by atoms with Crippen molar-refractivity contribution in [3.63, 3.8) is 0 Å². The third kappa shape index (κ3) is 3.24. The number of benzene rings is 1. The summed E-state index contributed by atoms with van der Waals surface area (Å²) in [5, 5.41) is 18.6. The van der Waals surface area contributed by atoms with E-state index in [2.05, 4.69) is 0 Å². The van der Waals surface area contributed by atoms with E-state index >= 15 is 0 Å². The van der Waals surface area contributed by atoms with Gasteiger partial charge >= 0.3 is 0 Å². The van der Waals surface area contributed by atoms with E-state index in [1.54, 1.807) is 0 Å². The Morgan fingerprint density at radius 1 is 1.22 bits per heavy atom. The van der Waals surface area contributed by atoms with Gasteiger partial charge in [-0.15, -0.1) is 0 Å². The zero-order chi connectivity index (χ0) is 12.8. The van der Waals surface area contributed by atoms with E-state index in [-0.39, 0.29) is 12.7 Å². The molecule has 0 aromatic heterocycles. The lowest BCUT2D eigenvalue weighted by molar-refractivity contribution is 0.155. The number of fused-ring (bicyclic) bond motifs is 1. The van der Waals surface area contributed by atoms with Gasteiger partial charge in [0.25, 0.3) is 0 Å². The molecule has 1 unspecified atom stereocenters. The maximum atomic E-state index is 9.94. The minimum Gasteiger partial charge on any atom is -0.493 e. The predicted octanol–water partition coefficient (Wildman–Crippen LogP) is 2.60. The summed E-state index contributed by atoms with van der Waals surface area (Å²) in [5.41, 5.74) is 2.22. The Hall–Kier alpha value is -1.06. The number of unbranched alkanes of at least 4 members (excludes halogenated alkanes) is 2. The van der Waals surface area contributed by atoms with Crippen LogP contribution in [0.1, 0.15) is 49.3 Å². The molecule has 18 heavy (non-hydrogen) atoms. The average molecular weight is 250 g/mol. The van der Waals surface area contributed by atoms with Gasteiger partial charge in [0.2, 0.25) is 0 Å². The number of hydrogen-bond acceptors (Lipinski definition) is 3. The van der Waals surface area contributed by atoms with Crippen LogP contribution in [-0.2, 0) is 6.42 Å². The second-order valence-corrected chi connectivity index (χ2v) is 4.86. The normalized spacial score (nSPS) is 18.4. The number of hydrogen-bond donors (Lipinski definition) is 2. The highest BCUT2D eigenvalue weighted by molar-refractivity contribution is 5.42. The molecular weight excluding hydrogens is 228 g/mol. The van der Waals surface area contributed by atoms with Gasteiger partial charge in [-0.1, -0.05) is 12.1 Å². The van der Waals surface area contributed by atoms with Gasteiger partial charge < -0.3 is 14.9 Å². The molecule has 1 atom stereocenters. The van der Waals surface area contributed by atoms with E-state index in [1.807, 2.05) is 18.2 Å². The molecule has 1 aromatic carbocycles. The average Bonchev–Trinajstić information content (AvgIpc) is 2.39. The summed E-state index contributed by atoms with van der Waals surface area (Å²) in [6.07, 6.45) is 5.35. The Balaban J connectivity index is 1.94. The van der Waals surface area contributed by atoms with Gasteiger partial charge in [0.05, 0.1) is 12.7 Å². The Morgan fingerprint density at radius 2 is 2.11 bits per heavy atom. The molecule has 1 aliphatic carbocycles. The highest BCUT2D eigenvalue weighted by atomic mass is 16.5. The molecule has 0 heterocycles. The van der Waals surface area contributed by atoms with Crippen molar-refractivity contribution in [3.05, 3.63) is 29.3 Å². The van der Waals surface area contributed by atoms with Gasteiger partial charge in [0, 0.05) is 6.61 Å². The Kier molecular flexibility index (Phi) is 5.02. The molecule has 3 nitrogen and oxygen atoms in total. The SMILES string of the molecule is OCCCCCOc1cccc2c1CCCC2O. The van der Waals surface area contributed by atoms with Crippen molar-refractivity contribution < 1.29 is 14.9 Å². The van der Waals surface area contributed by atoms with Crippen LogP contribution in [-0.4, -0.2) is 23.4 Å². The summed E-state index contributed by atoms with van der Waals surface area (Å²) in [6.45, 7) is 0.944. The third-order valence-corrected chi connectivity index (χ3v) is 3.49. The van der Waals surface area contributed by atoms with Crippen LogP contribution in [0.2, 0.25) is 0 Å². The molecule has 0 amide bonds. The van der Waals surface area contributed by atoms with Crippen LogP contribution in [0.15, 0.2) is 18.2 Å². The van der Waals surface area contributed by atoms with Crippen LogP contribution in [0.5, 0.6) is 5.75 Å². The summed E-state index contributed by atoms with van der Waals surface area (Å²) in [7, 11) is 0. The summed E-state index contributed by atoms with van der Waals surface area (Å²) in [4.78, 5) is 0. The second kappa shape index (κ2) is 6.76. The zero-order valence-electron chi connectivity index (χ0n) is 10.8. The van der Waals surface area contributed by atoms with E-state index in [4.69, 9.17) is 9.84 Å². The first-order valence-corrected chi connectivity index (χ1v) is 6.86. The van der Waals surface area contributed by atoms with E-state index in [1.165, 1.54) is 5.56 Å². The molecule has 0 fully saturated rings. The van der Waals surface area contributed by atoms with Gasteiger partial charge in [-0.3, -0.25) is 0 Å². The lowest BCUT2D eigenvalue weighted by Gasteiger charge is -2.23. The number of aliphatic hydroxyl groups excluding tert-OH is 2. The summed E-state index contributed by atoms with van der Waals surface area (Å²) < 4.78 is 5.81. The highest BCUT2D eigenvalue weighted by Crippen LogP contribution is 2.35. The largest absolute Gasteiger partial charge is 0.493 e. The Morgan fingerprint density at radius 3 is 2.94 bits per heavy atom. The maximum Gasteiger partial charge on any atom is 0.122 e. The van der Waals surface area contributed by atoms with Crippen molar-refractivity contribution in [1.29, 1.82) is 0 Å². The van der Waals surface area contributed by atoms with Gasteiger partial charge in [0.15, 0.2) is 0 Å². The zero-order valence-corrected chi connectivity index (χ0v) is 10.8. The number of aliphatic hydroxyl groups is 2. The molecule has 0 spiro atoms.